The number of aromatic nitrogens is 3. The van der Waals surface area contributed by atoms with Crippen molar-refractivity contribution >= 4 is 0 Å². The van der Waals surface area contributed by atoms with Gasteiger partial charge in [-0.2, -0.15) is 5.10 Å². The molecule has 0 bridgehead atoms. The third kappa shape index (κ3) is 3.07. The van der Waals surface area contributed by atoms with Crippen LogP contribution in [-0.4, -0.2) is 14.8 Å². The van der Waals surface area contributed by atoms with E-state index in [2.05, 4.69) is 21.9 Å². The van der Waals surface area contributed by atoms with Crippen molar-refractivity contribution in [3.8, 4) is 0 Å². The molecule has 1 unspecified atom stereocenters. The highest BCUT2D eigenvalue weighted by atomic mass is 15.3. The average Bonchev–Trinajstić information content (AvgIpc) is 2.97. The lowest BCUT2D eigenvalue weighted by Gasteiger charge is -2.21. The van der Waals surface area contributed by atoms with Gasteiger partial charge in [-0.25, -0.2) is 0 Å². The second-order valence-electron chi connectivity index (χ2n) is 5.64. The Hall–Kier alpha value is -1.68. The van der Waals surface area contributed by atoms with Gasteiger partial charge in [-0.15, -0.1) is 0 Å². The average molecular weight is 270 g/mol. The molecule has 1 aliphatic carbocycles. The first kappa shape index (κ1) is 13.3. The largest absolute Gasteiger partial charge is 0.322 e. The summed E-state index contributed by atoms with van der Waals surface area (Å²) in [5.74, 6) is 0. The smallest absolute Gasteiger partial charge is 0.0644 e. The summed E-state index contributed by atoms with van der Waals surface area (Å²) in [6.07, 6.45) is 11.2. The summed E-state index contributed by atoms with van der Waals surface area (Å²) in [6, 6.07) is 8.46. The molecule has 2 aromatic rings. The van der Waals surface area contributed by atoms with Gasteiger partial charge < -0.3 is 5.73 Å². The van der Waals surface area contributed by atoms with Crippen molar-refractivity contribution in [2.24, 2.45) is 5.73 Å². The standard InChI is InChI=1S/C16H22N4/c17-15(16-8-4-5-10-18-16)12-13-9-11-20(19-13)14-6-2-1-3-7-14/h4-5,8-11,14-15H,1-3,6-7,12,17H2. The lowest BCUT2D eigenvalue weighted by Crippen LogP contribution is -2.16. The van der Waals surface area contributed by atoms with E-state index in [1.165, 1.54) is 32.1 Å². The van der Waals surface area contributed by atoms with Crippen LogP contribution < -0.4 is 5.73 Å². The summed E-state index contributed by atoms with van der Waals surface area (Å²) in [6.45, 7) is 0. The van der Waals surface area contributed by atoms with Crippen LogP contribution in [0.2, 0.25) is 0 Å². The second-order valence-corrected chi connectivity index (χ2v) is 5.64. The van der Waals surface area contributed by atoms with Gasteiger partial charge in [-0.3, -0.25) is 9.67 Å². The van der Waals surface area contributed by atoms with Crippen LogP contribution in [0.5, 0.6) is 0 Å². The SMILES string of the molecule is NC(Cc1ccn(C2CCCCC2)n1)c1ccccn1. The molecule has 1 aliphatic rings. The van der Waals surface area contributed by atoms with Crippen LogP contribution in [0.1, 0.15) is 55.6 Å². The van der Waals surface area contributed by atoms with Crippen molar-refractivity contribution in [1.29, 1.82) is 0 Å². The van der Waals surface area contributed by atoms with Gasteiger partial charge in [0.1, 0.15) is 0 Å². The van der Waals surface area contributed by atoms with E-state index >= 15 is 0 Å². The van der Waals surface area contributed by atoms with Crippen LogP contribution in [-0.2, 0) is 6.42 Å². The van der Waals surface area contributed by atoms with Crippen LogP contribution in [0, 0.1) is 0 Å². The molecule has 0 aliphatic heterocycles. The molecule has 0 saturated heterocycles. The zero-order valence-corrected chi connectivity index (χ0v) is 11.8. The van der Waals surface area contributed by atoms with Crippen LogP contribution >= 0.6 is 0 Å². The summed E-state index contributed by atoms with van der Waals surface area (Å²) >= 11 is 0. The van der Waals surface area contributed by atoms with Gasteiger partial charge in [0.15, 0.2) is 0 Å². The number of rotatable bonds is 4. The fraction of sp³-hybridized carbons (Fsp3) is 0.500. The molecule has 3 rings (SSSR count). The molecule has 2 aromatic heterocycles. The Morgan fingerprint density at radius 1 is 1.20 bits per heavy atom. The Balaban J connectivity index is 1.65. The van der Waals surface area contributed by atoms with E-state index in [4.69, 9.17) is 10.8 Å². The Kier molecular flexibility index (Phi) is 4.11. The van der Waals surface area contributed by atoms with Crippen LogP contribution in [0.3, 0.4) is 0 Å². The zero-order chi connectivity index (χ0) is 13.8. The van der Waals surface area contributed by atoms with Crippen molar-refractivity contribution in [2.45, 2.75) is 50.6 Å². The molecule has 0 radical (unpaired) electrons. The summed E-state index contributed by atoms with van der Waals surface area (Å²) in [5, 5.41) is 4.71. The van der Waals surface area contributed by atoms with Gasteiger partial charge in [0.05, 0.1) is 23.5 Å². The van der Waals surface area contributed by atoms with E-state index in [1.807, 2.05) is 18.2 Å². The Morgan fingerprint density at radius 3 is 2.80 bits per heavy atom. The third-order valence-electron chi connectivity index (χ3n) is 4.11. The second kappa shape index (κ2) is 6.18. The molecular formula is C16H22N4. The van der Waals surface area contributed by atoms with Gasteiger partial charge in [0.2, 0.25) is 0 Å². The van der Waals surface area contributed by atoms with Crippen molar-refractivity contribution in [3.05, 3.63) is 48.0 Å². The quantitative estimate of drug-likeness (QED) is 0.929. The summed E-state index contributed by atoms with van der Waals surface area (Å²) in [7, 11) is 0. The van der Waals surface area contributed by atoms with Gasteiger partial charge in [-0.1, -0.05) is 25.3 Å². The number of hydrogen-bond donors (Lipinski definition) is 1. The molecule has 20 heavy (non-hydrogen) atoms. The molecule has 4 nitrogen and oxygen atoms in total. The maximum atomic E-state index is 6.20. The Morgan fingerprint density at radius 2 is 2.05 bits per heavy atom. The first-order chi connectivity index (χ1) is 9.83. The minimum Gasteiger partial charge on any atom is -0.322 e. The van der Waals surface area contributed by atoms with E-state index in [1.54, 1.807) is 6.20 Å². The Bertz CT molecular complexity index is 528. The van der Waals surface area contributed by atoms with Crippen molar-refractivity contribution in [2.75, 3.05) is 0 Å². The highest BCUT2D eigenvalue weighted by Gasteiger charge is 2.17. The van der Waals surface area contributed by atoms with Crippen molar-refractivity contribution in [3.63, 3.8) is 0 Å². The van der Waals surface area contributed by atoms with Gasteiger partial charge in [-0.05, 0) is 31.0 Å². The number of nitrogens with two attached hydrogens (primary N) is 1. The number of hydrogen-bond acceptors (Lipinski definition) is 3. The zero-order valence-electron chi connectivity index (χ0n) is 11.8. The molecule has 1 saturated carbocycles. The predicted molar refractivity (Wildman–Crippen MR) is 79.2 cm³/mol. The molecular weight excluding hydrogens is 248 g/mol. The monoisotopic (exact) mass is 270 g/mol. The highest BCUT2D eigenvalue weighted by molar-refractivity contribution is 5.12. The summed E-state index contributed by atoms with van der Waals surface area (Å²) in [5.41, 5.74) is 8.20. The van der Waals surface area contributed by atoms with Gasteiger partial charge >= 0.3 is 0 Å². The van der Waals surface area contributed by atoms with Crippen molar-refractivity contribution < 1.29 is 0 Å². The topological polar surface area (TPSA) is 56.7 Å². The van der Waals surface area contributed by atoms with E-state index in [0.29, 0.717) is 6.04 Å². The molecule has 4 heteroatoms. The van der Waals surface area contributed by atoms with E-state index in [-0.39, 0.29) is 6.04 Å². The first-order valence-corrected chi connectivity index (χ1v) is 7.53. The van der Waals surface area contributed by atoms with Gasteiger partial charge in [0, 0.05) is 18.8 Å². The molecule has 0 amide bonds. The van der Waals surface area contributed by atoms with Crippen LogP contribution in [0.15, 0.2) is 36.7 Å². The highest BCUT2D eigenvalue weighted by Crippen LogP contribution is 2.27. The Labute approximate surface area is 120 Å². The fourth-order valence-electron chi connectivity index (χ4n) is 2.96. The lowest BCUT2D eigenvalue weighted by atomic mass is 9.96. The molecule has 1 atom stereocenters. The van der Waals surface area contributed by atoms with Crippen LogP contribution in [0.25, 0.3) is 0 Å². The van der Waals surface area contributed by atoms with E-state index in [0.717, 1.165) is 17.8 Å². The number of nitrogens with zero attached hydrogens (tertiary/aromatic N) is 3. The van der Waals surface area contributed by atoms with E-state index < -0.39 is 0 Å². The van der Waals surface area contributed by atoms with E-state index in [9.17, 15) is 0 Å². The molecule has 2 N–H and O–H groups in total. The van der Waals surface area contributed by atoms with Crippen molar-refractivity contribution in [1.82, 2.24) is 14.8 Å². The summed E-state index contributed by atoms with van der Waals surface area (Å²) in [4.78, 5) is 4.31. The molecule has 0 aromatic carbocycles. The maximum Gasteiger partial charge on any atom is 0.0644 e. The molecule has 106 valence electrons. The fourth-order valence-corrected chi connectivity index (χ4v) is 2.96. The molecule has 0 spiro atoms. The van der Waals surface area contributed by atoms with Crippen LogP contribution in [0.4, 0.5) is 0 Å². The molecule has 1 fully saturated rings. The summed E-state index contributed by atoms with van der Waals surface area (Å²) < 4.78 is 2.14. The minimum absolute atomic E-state index is 0.0779. The maximum absolute atomic E-state index is 6.20. The third-order valence-corrected chi connectivity index (χ3v) is 4.11. The first-order valence-electron chi connectivity index (χ1n) is 7.53. The molecule has 2 heterocycles. The minimum atomic E-state index is -0.0779. The predicted octanol–water partition coefficient (Wildman–Crippen LogP) is 3.03. The number of pyridine rings is 1. The normalized spacial score (nSPS) is 18.1. The van der Waals surface area contributed by atoms with Gasteiger partial charge in [0.25, 0.3) is 0 Å². The lowest BCUT2D eigenvalue weighted by molar-refractivity contribution is 0.328.